The van der Waals surface area contributed by atoms with Crippen molar-refractivity contribution in [1.82, 2.24) is 10.2 Å². The van der Waals surface area contributed by atoms with Crippen molar-refractivity contribution < 1.29 is 12.8 Å². The Hall–Kier alpha value is -0.940. The second-order valence-corrected chi connectivity index (χ2v) is 7.90. The first-order chi connectivity index (χ1) is 11.4. The summed E-state index contributed by atoms with van der Waals surface area (Å²) in [4.78, 5) is 6.36. The maximum Gasteiger partial charge on any atom is 0.188 e. The molecule has 2 rings (SSSR count). The summed E-state index contributed by atoms with van der Waals surface area (Å²) in [5.41, 5.74) is 5.79. The Balaban J connectivity index is 0.00000312. The van der Waals surface area contributed by atoms with Gasteiger partial charge in [0.15, 0.2) is 15.8 Å². The van der Waals surface area contributed by atoms with Crippen LogP contribution in [0, 0.1) is 5.82 Å². The van der Waals surface area contributed by atoms with E-state index in [1.54, 1.807) is 0 Å². The minimum atomic E-state index is -3.69. The molecule has 9 heteroatoms. The third-order valence-corrected chi connectivity index (χ3v) is 5.97. The number of halogens is 2. The van der Waals surface area contributed by atoms with Crippen molar-refractivity contribution in [2.45, 2.75) is 30.7 Å². The molecule has 1 unspecified atom stereocenters. The Morgan fingerprint density at radius 2 is 2.16 bits per heavy atom. The predicted molar refractivity (Wildman–Crippen MR) is 109 cm³/mol. The molecule has 1 aliphatic heterocycles. The minimum Gasteiger partial charge on any atom is -0.370 e. The molecule has 142 valence electrons. The molecule has 6 nitrogen and oxygen atoms in total. The molecule has 25 heavy (non-hydrogen) atoms. The number of nitrogens with two attached hydrogens (primary N) is 1. The third kappa shape index (κ3) is 6.37. The van der Waals surface area contributed by atoms with Crippen LogP contribution in [0.15, 0.2) is 34.2 Å². The number of likely N-dealkylation sites (tertiary alicyclic amines) is 1. The van der Waals surface area contributed by atoms with E-state index in [0.717, 1.165) is 25.6 Å². The van der Waals surface area contributed by atoms with E-state index in [2.05, 4.69) is 22.1 Å². The molecule has 1 heterocycles. The van der Waals surface area contributed by atoms with Crippen LogP contribution in [-0.4, -0.2) is 57.3 Å². The number of nitrogens with zero attached hydrogens (tertiary/aromatic N) is 2. The second kappa shape index (κ2) is 10.3. The first-order valence-electron chi connectivity index (χ1n) is 8.19. The fourth-order valence-corrected chi connectivity index (χ4v) is 4.14. The van der Waals surface area contributed by atoms with E-state index in [0.29, 0.717) is 12.6 Å². The highest BCUT2D eigenvalue weighted by molar-refractivity contribution is 14.0. The lowest BCUT2D eigenvalue weighted by Crippen LogP contribution is -2.37. The van der Waals surface area contributed by atoms with Gasteiger partial charge in [0, 0.05) is 12.6 Å². The maximum atomic E-state index is 13.6. The van der Waals surface area contributed by atoms with Crippen molar-refractivity contribution in [2.24, 2.45) is 10.7 Å². The summed E-state index contributed by atoms with van der Waals surface area (Å²) in [5, 5.41) is 2.79. The van der Waals surface area contributed by atoms with Crippen LogP contribution in [0.5, 0.6) is 0 Å². The van der Waals surface area contributed by atoms with Crippen LogP contribution in [0.1, 0.15) is 19.8 Å². The van der Waals surface area contributed by atoms with Crippen LogP contribution < -0.4 is 11.1 Å². The first kappa shape index (κ1) is 22.1. The molecule has 1 aliphatic rings. The fraction of sp³-hybridized carbons (Fsp3) is 0.562. The minimum absolute atomic E-state index is 0. The van der Waals surface area contributed by atoms with E-state index >= 15 is 0 Å². The zero-order valence-corrected chi connectivity index (χ0v) is 17.5. The van der Waals surface area contributed by atoms with Crippen LogP contribution in [0.4, 0.5) is 4.39 Å². The summed E-state index contributed by atoms with van der Waals surface area (Å²) in [7, 11) is -3.69. The summed E-state index contributed by atoms with van der Waals surface area (Å²) in [6, 6.07) is 5.76. The highest BCUT2D eigenvalue weighted by Gasteiger charge is 2.22. The van der Waals surface area contributed by atoms with Gasteiger partial charge in [-0.15, -0.1) is 24.0 Å². The van der Waals surface area contributed by atoms with E-state index in [1.807, 2.05) is 0 Å². The Morgan fingerprint density at radius 1 is 1.44 bits per heavy atom. The molecule has 1 atom stereocenters. The number of aliphatic imine (C=N–C) groups is 1. The molecule has 0 aromatic heterocycles. The van der Waals surface area contributed by atoms with Crippen molar-refractivity contribution in [3.63, 3.8) is 0 Å². The number of likely N-dealkylation sites (N-methyl/N-ethyl adjacent to an activating group) is 1. The van der Waals surface area contributed by atoms with Crippen LogP contribution in [0.25, 0.3) is 0 Å². The van der Waals surface area contributed by atoms with E-state index in [9.17, 15) is 12.8 Å². The Bertz CT molecular complexity index is 684. The number of rotatable bonds is 7. The van der Waals surface area contributed by atoms with E-state index in [-0.39, 0.29) is 47.1 Å². The van der Waals surface area contributed by atoms with Gasteiger partial charge in [-0.1, -0.05) is 19.1 Å². The zero-order chi connectivity index (χ0) is 17.6. The van der Waals surface area contributed by atoms with Crippen LogP contribution in [0.2, 0.25) is 0 Å². The van der Waals surface area contributed by atoms with Gasteiger partial charge in [-0.25, -0.2) is 12.8 Å². The highest BCUT2D eigenvalue weighted by atomic mass is 127. The quantitative estimate of drug-likeness (QED) is 0.349. The SMILES string of the molecule is CCN1CCCC1CN=C(N)NCCS(=O)(=O)c1ccccc1F.I. The number of guanidine groups is 1. The number of hydrogen-bond donors (Lipinski definition) is 2. The molecule has 0 amide bonds. The summed E-state index contributed by atoms with van der Waals surface area (Å²) >= 11 is 0. The normalized spacial score (nSPS) is 18.8. The van der Waals surface area contributed by atoms with Gasteiger partial charge in [0.1, 0.15) is 10.7 Å². The Kier molecular flexibility index (Phi) is 9.08. The van der Waals surface area contributed by atoms with Gasteiger partial charge in [-0.2, -0.15) is 0 Å². The number of nitrogens with one attached hydrogen (secondary N) is 1. The van der Waals surface area contributed by atoms with Crippen molar-refractivity contribution in [2.75, 3.05) is 31.9 Å². The Morgan fingerprint density at radius 3 is 2.84 bits per heavy atom. The summed E-state index contributed by atoms with van der Waals surface area (Å²) in [6.45, 7) is 4.90. The lowest BCUT2D eigenvalue weighted by atomic mass is 10.2. The van der Waals surface area contributed by atoms with E-state index in [1.165, 1.54) is 24.6 Å². The van der Waals surface area contributed by atoms with Gasteiger partial charge in [0.25, 0.3) is 0 Å². The predicted octanol–water partition coefficient (Wildman–Crippen LogP) is 1.61. The lowest BCUT2D eigenvalue weighted by molar-refractivity contribution is 0.273. The number of hydrogen-bond acceptors (Lipinski definition) is 4. The number of sulfone groups is 1. The maximum absolute atomic E-state index is 13.6. The summed E-state index contributed by atoms with van der Waals surface area (Å²) in [5.74, 6) is -0.754. The van der Waals surface area contributed by atoms with Gasteiger partial charge in [-0.05, 0) is 38.1 Å². The molecule has 1 aromatic carbocycles. The molecule has 1 fully saturated rings. The molecule has 0 aliphatic carbocycles. The molecule has 0 spiro atoms. The lowest BCUT2D eigenvalue weighted by Gasteiger charge is -2.20. The average Bonchev–Trinajstić information content (AvgIpc) is 3.00. The van der Waals surface area contributed by atoms with Gasteiger partial charge < -0.3 is 11.1 Å². The second-order valence-electron chi connectivity index (χ2n) is 5.83. The summed E-state index contributed by atoms with van der Waals surface area (Å²) < 4.78 is 37.8. The first-order valence-corrected chi connectivity index (χ1v) is 9.84. The van der Waals surface area contributed by atoms with Crippen LogP contribution >= 0.6 is 24.0 Å². The van der Waals surface area contributed by atoms with Crippen LogP contribution in [-0.2, 0) is 9.84 Å². The standard InChI is InChI=1S/C16H25FN4O2S.HI/c1-2-21-10-5-6-13(21)12-20-16(18)19-9-11-24(22,23)15-8-4-3-7-14(15)17;/h3-4,7-8,13H,2,5-6,9-12H2,1H3,(H3,18,19,20);1H. The van der Waals surface area contributed by atoms with Crippen molar-refractivity contribution in [3.05, 3.63) is 30.1 Å². The zero-order valence-electron chi connectivity index (χ0n) is 14.3. The van der Waals surface area contributed by atoms with E-state index < -0.39 is 15.7 Å². The largest absolute Gasteiger partial charge is 0.370 e. The third-order valence-electron chi connectivity index (χ3n) is 4.23. The molecular formula is C16H26FIN4O2S. The van der Waals surface area contributed by atoms with Gasteiger partial charge in [-0.3, -0.25) is 9.89 Å². The highest BCUT2D eigenvalue weighted by Crippen LogP contribution is 2.16. The average molecular weight is 484 g/mol. The van der Waals surface area contributed by atoms with E-state index in [4.69, 9.17) is 5.73 Å². The van der Waals surface area contributed by atoms with Gasteiger partial charge in [0.05, 0.1) is 12.3 Å². The molecule has 0 radical (unpaired) electrons. The molecule has 1 aromatic rings. The van der Waals surface area contributed by atoms with Crippen LogP contribution in [0.3, 0.4) is 0 Å². The fourth-order valence-electron chi connectivity index (χ4n) is 2.90. The molecule has 0 bridgehead atoms. The Labute approximate surface area is 166 Å². The van der Waals surface area contributed by atoms with Crippen molar-refractivity contribution in [1.29, 1.82) is 0 Å². The molecule has 1 saturated heterocycles. The van der Waals surface area contributed by atoms with Crippen molar-refractivity contribution >= 4 is 39.8 Å². The molecular weight excluding hydrogens is 458 g/mol. The monoisotopic (exact) mass is 484 g/mol. The smallest absolute Gasteiger partial charge is 0.188 e. The molecule has 0 saturated carbocycles. The van der Waals surface area contributed by atoms with Gasteiger partial charge in [0.2, 0.25) is 0 Å². The summed E-state index contributed by atoms with van der Waals surface area (Å²) in [6.07, 6.45) is 2.27. The molecule has 3 N–H and O–H groups in total. The van der Waals surface area contributed by atoms with Gasteiger partial charge >= 0.3 is 0 Å². The number of benzene rings is 1. The topological polar surface area (TPSA) is 87.8 Å². The van der Waals surface area contributed by atoms with Crippen molar-refractivity contribution in [3.8, 4) is 0 Å².